The molecule has 0 saturated carbocycles. The fourth-order valence-corrected chi connectivity index (χ4v) is 4.52. The third kappa shape index (κ3) is 3.82. The van der Waals surface area contributed by atoms with E-state index in [1.165, 1.54) is 23.0 Å². The summed E-state index contributed by atoms with van der Waals surface area (Å²) in [6.07, 6.45) is 2.17. The summed E-state index contributed by atoms with van der Waals surface area (Å²) in [5, 5.41) is 3.56. The van der Waals surface area contributed by atoms with Crippen LogP contribution in [0.4, 0.5) is 5.13 Å². The van der Waals surface area contributed by atoms with Crippen molar-refractivity contribution < 1.29 is 4.79 Å². The number of carbonyl (C=O) groups excluding carboxylic acids is 1. The van der Waals surface area contributed by atoms with E-state index < -0.39 is 5.69 Å². The van der Waals surface area contributed by atoms with Gasteiger partial charge < -0.3 is 10.2 Å². The number of nitrogens with zero attached hydrogens (tertiary/aromatic N) is 4. The van der Waals surface area contributed by atoms with Gasteiger partial charge in [0, 0.05) is 26.7 Å². The first-order valence-corrected chi connectivity index (χ1v) is 10.4. The Kier molecular flexibility index (Phi) is 5.23. The normalized spacial score (nSPS) is 13.9. The van der Waals surface area contributed by atoms with Crippen molar-refractivity contribution in [3.63, 3.8) is 0 Å². The average Bonchev–Trinajstić information content (AvgIpc) is 3.39. The van der Waals surface area contributed by atoms with Crippen LogP contribution in [0.1, 0.15) is 24.0 Å². The summed E-state index contributed by atoms with van der Waals surface area (Å²) >= 11 is 1.29. The molecule has 1 aliphatic heterocycles. The molecule has 0 aliphatic carbocycles. The minimum absolute atomic E-state index is 0.182. The number of thiazole rings is 1. The Morgan fingerprint density at radius 2 is 1.86 bits per heavy atom. The number of hydrogen-bond donors (Lipinski definition) is 1. The van der Waals surface area contributed by atoms with Gasteiger partial charge in [0.15, 0.2) is 10.8 Å². The zero-order valence-corrected chi connectivity index (χ0v) is 17.3. The first-order chi connectivity index (χ1) is 13.9. The summed E-state index contributed by atoms with van der Waals surface area (Å²) in [5.74, 6) is -0.302. The highest BCUT2D eigenvalue weighted by Gasteiger charge is 2.22. The number of nitrogens with one attached hydrogen (secondary N) is 1. The molecule has 0 unspecified atom stereocenters. The number of aromatic nitrogens is 3. The van der Waals surface area contributed by atoms with Gasteiger partial charge in [0.2, 0.25) is 5.91 Å². The van der Waals surface area contributed by atoms with Gasteiger partial charge in [-0.1, -0.05) is 41.2 Å². The van der Waals surface area contributed by atoms with Crippen LogP contribution in [0.3, 0.4) is 0 Å². The van der Waals surface area contributed by atoms with Crippen LogP contribution in [-0.2, 0) is 24.9 Å². The molecule has 8 nitrogen and oxygen atoms in total. The zero-order valence-electron chi connectivity index (χ0n) is 16.5. The molecule has 4 rings (SSSR count). The number of benzene rings is 1. The lowest BCUT2D eigenvalue weighted by molar-refractivity contribution is -0.121. The van der Waals surface area contributed by atoms with Crippen LogP contribution in [-0.4, -0.2) is 33.1 Å². The molecule has 29 heavy (non-hydrogen) atoms. The molecule has 0 radical (unpaired) electrons. The van der Waals surface area contributed by atoms with E-state index in [-0.39, 0.29) is 23.7 Å². The summed E-state index contributed by atoms with van der Waals surface area (Å²) in [6.45, 7) is 3.98. The molecule has 1 fully saturated rings. The maximum absolute atomic E-state index is 12.7. The number of rotatable bonds is 5. The number of amides is 1. The standard InChI is InChI=1S/C20H23N5O3S/c1-13-5-7-14(8-6-13)11-21-15(26)12-25-17-16(18(27)23(2)20(25)28)29-19(22-17)24-9-3-4-10-24/h5-8H,3-4,9-12H2,1-2H3,(H,21,26). The molecular weight excluding hydrogens is 390 g/mol. The molecule has 1 aromatic carbocycles. The Morgan fingerprint density at radius 1 is 1.17 bits per heavy atom. The molecule has 0 spiro atoms. The largest absolute Gasteiger partial charge is 0.350 e. The molecular formula is C20H23N5O3S. The highest BCUT2D eigenvalue weighted by molar-refractivity contribution is 7.22. The fourth-order valence-electron chi connectivity index (χ4n) is 3.43. The predicted molar refractivity (Wildman–Crippen MR) is 114 cm³/mol. The number of hydrogen-bond acceptors (Lipinski definition) is 6. The molecule has 1 N–H and O–H groups in total. The minimum atomic E-state index is -0.536. The van der Waals surface area contributed by atoms with Gasteiger partial charge in [0.25, 0.3) is 5.56 Å². The van der Waals surface area contributed by atoms with Gasteiger partial charge in [-0.3, -0.25) is 18.7 Å². The Labute approximate surface area is 171 Å². The smallest absolute Gasteiger partial charge is 0.332 e. The molecule has 3 heterocycles. The second kappa shape index (κ2) is 7.82. The van der Waals surface area contributed by atoms with Crippen molar-refractivity contribution >= 4 is 32.7 Å². The SMILES string of the molecule is Cc1ccc(CNC(=O)Cn2c(=O)n(C)c(=O)c3sc(N4CCCC4)nc32)cc1. The molecule has 0 bridgehead atoms. The van der Waals surface area contributed by atoms with Gasteiger partial charge in [0.05, 0.1) is 0 Å². The average molecular weight is 414 g/mol. The van der Waals surface area contributed by atoms with Crippen molar-refractivity contribution in [2.45, 2.75) is 32.9 Å². The van der Waals surface area contributed by atoms with E-state index in [0.29, 0.717) is 11.2 Å². The van der Waals surface area contributed by atoms with Crippen LogP contribution in [0.15, 0.2) is 33.9 Å². The third-order valence-corrected chi connectivity index (χ3v) is 6.25. The van der Waals surface area contributed by atoms with Crippen LogP contribution >= 0.6 is 11.3 Å². The summed E-state index contributed by atoms with van der Waals surface area (Å²) in [6, 6.07) is 7.87. The number of aryl methyl sites for hydroxylation is 1. The van der Waals surface area contributed by atoms with E-state index in [1.54, 1.807) is 0 Å². The topological polar surface area (TPSA) is 89.2 Å². The van der Waals surface area contributed by atoms with Gasteiger partial charge in [-0.05, 0) is 25.3 Å². The summed E-state index contributed by atoms with van der Waals surface area (Å²) in [7, 11) is 1.43. The van der Waals surface area contributed by atoms with Crippen LogP contribution in [0.2, 0.25) is 0 Å². The lowest BCUT2D eigenvalue weighted by Gasteiger charge is -2.12. The highest BCUT2D eigenvalue weighted by atomic mass is 32.1. The lowest BCUT2D eigenvalue weighted by Crippen LogP contribution is -2.41. The first kappa shape index (κ1) is 19.4. The highest BCUT2D eigenvalue weighted by Crippen LogP contribution is 2.28. The van der Waals surface area contributed by atoms with Gasteiger partial charge in [-0.2, -0.15) is 0 Å². The van der Waals surface area contributed by atoms with E-state index in [9.17, 15) is 14.4 Å². The van der Waals surface area contributed by atoms with Gasteiger partial charge in [-0.25, -0.2) is 9.78 Å². The fraction of sp³-hybridized carbons (Fsp3) is 0.400. The van der Waals surface area contributed by atoms with Crippen molar-refractivity contribution in [3.05, 3.63) is 56.2 Å². The van der Waals surface area contributed by atoms with E-state index in [2.05, 4.69) is 15.2 Å². The van der Waals surface area contributed by atoms with Gasteiger partial charge >= 0.3 is 5.69 Å². The Morgan fingerprint density at radius 3 is 2.55 bits per heavy atom. The number of carbonyl (C=O) groups is 1. The van der Waals surface area contributed by atoms with E-state index >= 15 is 0 Å². The molecule has 9 heteroatoms. The second-order valence-electron chi connectivity index (χ2n) is 7.34. The molecule has 1 amide bonds. The van der Waals surface area contributed by atoms with Crippen molar-refractivity contribution in [1.29, 1.82) is 0 Å². The molecule has 2 aromatic heterocycles. The van der Waals surface area contributed by atoms with Crippen LogP contribution in [0.5, 0.6) is 0 Å². The predicted octanol–water partition coefficient (Wildman–Crippen LogP) is 1.38. The van der Waals surface area contributed by atoms with E-state index in [4.69, 9.17) is 0 Å². The second-order valence-corrected chi connectivity index (χ2v) is 8.32. The van der Waals surface area contributed by atoms with Crippen molar-refractivity contribution in [2.75, 3.05) is 18.0 Å². The van der Waals surface area contributed by atoms with Crippen molar-refractivity contribution in [2.24, 2.45) is 7.05 Å². The Hall–Kier alpha value is -2.94. The summed E-state index contributed by atoms with van der Waals surface area (Å²) < 4.78 is 2.74. The third-order valence-electron chi connectivity index (χ3n) is 5.16. The lowest BCUT2D eigenvalue weighted by atomic mass is 10.1. The number of anilines is 1. The molecule has 152 valence electrons. The van der Waals surface area contributed by atoms with Gasteiger partial charge in [0.1, 0.15) is 11.2 Å². The Bertz CT molecular complexity index is 1170. The van der Waals surface area contributed by atoms with Crippen LogP contribution in [0.25, 0.3) is 10.3 Å². The summed E-state index contributed by atoms with van der Waals surface area (Å²) in [5.41, 5.74) is 1.51. The van der Waals surface area contributed by atoms with E-state index in [1.807, 2.05) is 31.2 Å². The first-order valence-electron chi connectivity index (χ1n) is 9.61. The molecule has 0 atom stereocenters. The monoisotopic (exact) mass is 413 g/mol. The van der Waals surface area contributed by atoms with Crippen LogP contribution in [0, 0.1) is 6.92 Å². The number of fused-ring (bicyclic) bond motifs is 1. The van der Waals surface area contributed by atoms with Crippen LogP contribution < -0.4 is 21.5 Å². The zero-order chi connectivity index (χ0) is 20.5. The minimum Gasteiger partial charge on any atom is -0.350 e. The Balaban J connectivity index is 1.61. The molecule has 3 aromatic rings. The van der Waals surface area contributed by atoms with Gasteiger partial charge in [-0.15, -0.1) is 0 Å². The van der Waals surface area contributed by atoms with Crippen molar-refractivity contribution in [3.8, 4) is 0 Å². The maximum atomic E-state index is 12.7. The molecule has 1 aliphatic rings. The van der Waals surface area contributed by atoms with E-state index in [0.717, 1.165) is 46.8 Å². The quantitative estimate of drug-likeness (QED) is 0.683. The maximum Gasteiger partial charge on any atom is 0.332 e. The molecule has 1 saturated heterocycles. The summed E-state index contributed by atoms with van der Waals surface area (Å²) in [4.78, 5) is 44.4. The van der Waals surface area contributed by atoms with Crippen molar-refractivity contribution in [1.82, 2.24) is 19.4 Å².